The molecule has 1 heterocycles. The van der Waals surface area contributed by atoms with Crippen molar-refractivity contribution < 1.29 is 13.9 Å². The molecule has 0 aliphatic carbocycles. The van der Waals surface area contributed by atoms with Gasteiger partial charge in [0.2, 0.25) is 0 Å². The Morgan fingerprint density at radius 3 is 2.78 bits per heavy atom. The van der Waals surface area contributed by atoms with Gasteiger partial charge in [0.15, 0.2) is 5.58 Å². The minimum atomic E-state index is -0.228. The summed E-state index contributed by atoms with van der Waals surface area (Å²) in [7, 11) is 0. The molecule has 1 amide bonds. The quantitative estimate of drug-likeness (QED) is 0.183. The Morgan fingerprint density at radius 2 is 2.07 bits per heavy atom. The lowest BCUT2D eigenvalue weighted by Crippen LogP contribution is -2.19. The molecule has 0 saturated carbocycles. The molecule has 0 spiro atoms. The van der Waals surface area contributed by atoms with E-state index >= 15 is 0 Å². The lowest BCUT2D eigenvalue weighted by Gasteiger charge is -2.09. The van der Waals surface area contributed by atoms with E-state index in [1.807, 2.05) is 43.3 Å². The summed E-state index contributed by atoms with van der Waals surface area (Å²) >= 11 is 5.68. The summed E-state index contributed by atoms with van der Waals surface area (Å²) in [5.74, 6) is 0.811. The first-order chi connectivity index (χ1) is 13.1. The SMILES string of the molecule is CCOc1c(I)cc(/C=N\NC(=O)CSc2nc3ccccc3o2)cc1I. The number of hydrogen-bond donors (Lipinski definition) is 1. The predicted octanol–water partition coefficient (Wildman–Crippen LogP) is 4.68. The second-order valence-electron chi connectivity index (χ2n) is 5.28. The largest absolute Gasteiger partial charge is 0.492 e. The van der Waals surface area contributed by atoms with E-state index in [9.17, 15) is 4.79 Å². The Labute approximate surface area is 187 Å². The van der Waals surface area contributed by atoms with E-state index < -0.39 is 0 Å². The minimum Gasteiger partial charge on any atom is -0.492 e. The van der Waals surface area contributed by atoms with E-state index in [-0.39, 0.29) is 11.7 Å². The number of ether oxygens (including phenoxy) is 1. The molecule has 1 N–H and O–H groups in total. The first kappa shape index (κ1) is 20.4. The number of carbonyl (C=O) groups excluding carboxylic acids is 1. The van der Waals surface area contributed by atoms with Crippen molar-refractivity contribution >= 4 is 80.2 Å². The lowest BCUT2D eigenvalue weighted by atomic mass is 10.2. The van der Waals surface area contributed by atoms with E-state index in [2.05, 4.69) is 60.7 Å². The van der Waals surface area contributed by atoms with E-state index in [1.165, 1.54) is 11.8 Å². The number of rotatable bonds is 7. The van der Waals surface area contributed by atoms with Crippen molar-refractivity contribution in [3.05, 3.63) is 49.1 Å². The number of hydrogen-bond acceptors (Lipinski definition) is 6. The molecule has 9 heteroatoms. The van der Waals surface area contributed by atoms with Gasteiger partial charge in [-0.2, -0.15) is 5.10 Å². The van der Waals surface area contributed by atoms with Gasteiger partial charge in [-0.05, 0) is 81.9 Å². The fraction of sp³-hybridized carbons (Fsp3) is 0.167. The summed E-state index contributed by atoms with van der Waals surface area (Å²) in [4.78, 5) is 16.3. The number of fused-ring (bicyclic) bond motifs is 1. The van der Waals surface area contributed by atoms with Gasteiger partial charge in [0, 0.05) is 0 Å². The van der Waals surface area contributed by atoms with Crippen LogP contribution >= 0.6 is 56.9 Å². The van der Waals surface area contributed by atoms with Gasteiger partial charge in [-0.25, -0.2) is 10.4 Å². The first-order valence-electron chi connectivity index (χ1n) is 7.99. The van der Waals surface area contributed by atoms with Crippen LogP contribution in [0.4, 0.5) is 0 Å². The van der Waals surface area contributed by atoms with Gasteiger partial charge < -0.3 is 9.15 Å². The highest BCUT2D eigenvalue weighted by Crippen LogP contribution is 2.28. The van der Waals surface area contributed by atoms with E-state index in [0.29, 0.717) is 17.4 Å². The number of nitrogens with zero attached hydrogens (tertiary/aromatic N) is 2. The van der Waals surface area contributed by atoms with Crippen molar-refractivity contribution in [3.8, 4) is 5.75 Å². The third kappa shape index (κ3) is 5.57. The second-order valence-corrected chi connectivity index (χ2v) is 8.53. The molecule has 6 nitrogen and oxygen atoms in total. The standard InChI is InChI=1S/C18H15I2N3O3S/c1-2-25-17-12(19)7-11(8-13(17)20)9-21-23-16(24)10-27-18-22-14-5-3-4-6-15(14)26-18/h3-9H,2,10H2,1H3,(H,23,24)/b21-9-. The first-order valence-corrected chi connectivity index (χ1v) is 11.1. The Morgan fingerprint density at radius 1 is 1.33 bits per heavy atom. The van der Waals surface area contributed by atoms with Crippen LogP contribution in [-0.2, 0) is 4.79 Å². The zero-order valence-corrected chi connectivity index (χ0v) is 19.4. The van der Waals surface area contributed by atoms with Crippen LogP contribution in [0.5, 0.6) is 5.75 Å². The van der Waals surface area contributed by atoms with Crippen LogP contribution in [-0.4, -0.2) is 29.5 Å². The van der Waals surface area contributed by atoms with Gasteiger partial charge in [0.25, 0.3) is 11.1 Å². The topological polar surface area (TPSA) is 76.7 Å². The smallest absolute Gasteiger partial charge is 0.257 e. The van der Waals surface area contributed by atoms with Gasteiger partial charge in [-0.15, -0.1) is 0 Å². The predicted molar refractivity (Wildman–Crippen MR) is 124 cm³/mol. The molecule has 0 bridgehead atoms. The molecule has 0 fully saturated rings. The molecule has 0 radical (unpaired) electrons. The third-order valence-electron chi connectivity index (χ3n) is 3.31. The van der Waals surface area contributed by atoms with Gasteiger partial charge in [0.05, 0.1) is 25.7 Å². The summed E-state index contributed by atoms with van der Waals surface area (Å²) < 4.78 is 13.2. The van der Waals surface area contributed by atoms with Crippen LogP contribution in [0, 0.1) is 7.14 Å². The monoisotopic (exact) mass is 607 g/mol. The molecular formula is C18H15I2N3O3S. The summed E-state index contributed by atoms with van der Waals surface area (Å²) in [5.41, 5.74) is 4.89. The maximum atomic E-state index is 12.0. The zero-order chi connectivity index (χ0) is 19.2. The number of benzene rings is 2. The summed E-state index contributed by atoms with van der Waals surface area (Å²) in [6, 6.07) is 11.4. The van der Waals surface area contributed by atoms with Crippen LogP contribution in [0.15, 0.2) is 51.1 Å². The number of carbonyl (C=O) groups is 1. The number of halogens is 2. The Bertz CT molecular complexity index is 935. The van der Waals surface area contributed by atoms with Gasteiger partial charge >= 0.3 is 0 Å². The molecule has 0 aliphatic rings. The van der Waals surface area contributed by atoms with Crippen LogP contribution < -0.4 is 10.2 Å². The molecule has 3 rings (SSSR count). The minimum absolute atomic E-state index is 0.169. The normalized spacial score (nSPS) is 11.2. The number of thioether (sulfide) groups is 1. The molecule has 3 aromatic rings. The molecule has 140 valence electrons. The van der Waals surface area contributed by atoms with E-state index in [0.717, 1.165) is 24.0 Å². The number of aromatic nitrogens is 1. The fourth-order valence-electron chi connectivity index (χ4n) is 2.19. The van der Waals surface area contributed by atoms with Gasteiger partial charge in [0.1, 0.15) is 11.3 Å². The average Bonchev–Trinajstić information content (AvgIpc) is 3.06. The molecule has 0 saturated heterocycles. The molecule has 0 atom stereocenters. The summed E-state index contributed by atoms with van der Waals surface area (Å²) in [6.07, 6.45) is 1.61. The molecular weight excluding hydrogens is 592 g/mol. The molecule has 0 aliphatic heterocycles. The van der Waals surface area contributed by atoms with E-state index in [4.69, 9.17) is 9.15 Å². The van der Waals surface area contributed by atoms with E-state index in [1.54, 1.807) is 6.21 Å². The number of amides is 1. The third-order valence-corrected chi connectivity index (χ3v) is 5.74. The van der Waals surface area contributed by atoms with Crippen LogP contribution in [0.25, 0.3) is 11.1 Å². The number of hydrazone groups is 1. The van der Waals surface area contributed by atoms with Crippen LogP contribution in [0.2, 0.25) is 0 Å². The maximum absolute atomic E-state index is 12.0. The maximum Gasteiger partial charge on any atom is 0.257 e. The highest BCUT2D eigenvalue weighted by Gasteiger charge is 2.09. The van der Waals surface area contributed by atoms with Crippen molar-refractivity contribution in [1.82, 2.24) is 10.4 Å². The highest BCUT2D eigenvalue weighted by molar-refractivity contribution is 14.1. The molecule has 0 unspecified atom stereocenters. The summed E-state index contributed by atoms with van der Waals surface area (Å²) in [5, 5.41) is 4.48. The van der Waals surface area contributed by atoms with Crippen molar-refractivity contribution in [3.63, 3.8) is 0 Å². The molecule has 1 aromatic heterocycles. The summed E-state index contributed by atoms with van der Waals surface area (Å²) in [6.45, 7) is 2.57. The average molecular weight is 607 g/mol. The van der Waals surface area contributed by atoms with Gasteiger partial charge in [-0.3, -0.25) is 4.79 Å². The number of nitrogens with one attached hydrogen (secondary N) is 1. The Kier molecular flexibility index (Phi) is 7.35. The fourth-order valence-corrected chi connectivity index (χ4v) is 4.95. The number of para-hydroxylation sites is 2. The Balaban J connectivity index is 1.54. The lowest BCUT2D eigenvalue weighted by molar-refractivity contribution is -0.118. The van der Waals surface area contributed by atoms with Crippen molar-refractivity contribution in [2.75, 3.05) is 12.4 Å². The second kappa shape index (κ2) is 9.73. The van der Waals surface area contributed by atoms with Gasteiger partial charge in [-0.1, -0.05) is 23.9 Å². The van der Waals surface area contributed by atoms with Crippen molar-refractivity contribution in [1.29, 1.82) is 0 Å². The van der Waals surface area contributed by atoms with Crippen LogP contribution in [0.1, 0.15) is 12.5 Å². The van der Waals surface area contributed by atoms with Crippen molar-refractivity contribution in [2.24, 2.45) is 5.10 Å². The molecule has 2 aromatic carbocycles. The molecule has 27 heavy (non-hydrogen) atoms. The van der Waals surface area contributed by atoms with Crippen LogP contribution in [0.3, 0.4) is 0 Å². The zero-order valence-electron chi connectivity index (χ0n) is 14.2. The number of oxazole rings is 1. The highest BCUT2D eigenvalue weighted by atomic mass is 127. The Hall–Kier alpha value is -1.34. The van der Waals surface area contributed by atoms with Crippen molar-refractivity contribution in [2.45, 2.75) is 12.1 Å².